The molecule has 0 aliphatic carbocycles. The number of benzene rings is 5. The number of para-hydroxylation sites is 1. The molecule has 0 fully saturated rings. The number of carbonyl (C=O) groups excluding carboxylic acids is 2. The zero-order valence-electron chi connectivity index (χ0n) is 28.2. The average molecular weight is 755 g/mol. The number of hydrogen-bond acceptors (Lipinski definition) is 5. The molecule has 5 aromatic carbocycles. The van der Waals surface area contributed by atoms with Crippen molar-refractivity contribution in [3.63, 3.8) is 0 Å². The number of rotatable bonds is 14. The first-order chi connectivity index (χ1) is 24.0. The third-order valence-corrected chi connectivity index (χ3v) is 10.3. The molecule has 5 aromatic rings. The zero-order chi connectivity index (χ0) is 35.7. The molecule has 0 radical (unpaired) electrons. The van der Waals surface area contributed by atoms with Crippen molar-refractivity contribution in [2.45, 2.75) is 50.7 Å². The Morgan fingerprint density at radius 1 is 0.740 bits per heavy atom. The summed E-state index contributed by atoms with van der Waals surface area (Å²) in [6, 6.07) is 38.1. The number of halogens is 1. The van der Waals surface area contributed by atoms with Crippen LogP contribution >= 0.6 is 15.9 Å². The highest BCUT2D eigenvalue weighted by molar-refractivity contribution is 9.10. The summed E-state index contributed by atoms with van der Waals surface area (Å²) < 4.78 is 36.6. The number of nitrogens with zero attached hydrogens (tertiary/aromatic N) is 2. The standard InChI is InChI=1S/C40H40BrN3O5S/c1-29(2)42-40(46)38(26-31-10-6-4-7-11-31)43(27-32-16-18-33(41)19-17-32)39(45)28-44(50(47,48)37-24-14-30(3)15-25-37)34-20-22-36(23-21-34)49-35-12-8-5-9-13-35/h4-25,29,38H,26-28H2,1-3H3,(H,42,46)/t38-/m0/s1. The van der Waals surface area contributed by atoms with Crippen molar-refractivity contribution < 1.29 is 22.7 Å². The van der Waals surface area contributed by atoms with Gasteiger partial charge in [-0.25, -0.2) is 8.42 Å². The molecule has 0 saturated heterocycles. The van der Waals surface area contributed by atoms with Crippen LogP contribution < -0.4 is 14.4 Å². The van der Waals surface area contributed by atoms with Gasteiger partial charge in [0.05, 0.1) is 10.6 Å². The Hall–Kier alpha value is -4.93. The molecule has 2 amide bonds. The molecule has 1 atom stereocenters. The maximum absolute atomic E-state index is 14.7. The summed E-state index contributed by atoms with van der Waals surface area (Å²) in [5, 5.41) is 2.98. The number of carbonyl (C=O) groups is 2. The van der Waals surface area contributed by atoms with Gasteiger partial charge in [-0.05, 0) is 92.6 Å². The second kappa shape index (κ2) is 16.7. The van der Waals surface area contributed by atoms with Crippen molar-refractivity contribution in [1.29, 1.82) is 0 Å². The predicted molar refractivity (Wildman–Crippen MR) is 201 cm³/mol. The first-order valence-electron chi connectivity index (χ1n) is 16.3. The molecule has 0 spiro atoms. The highest BCUT2D eigenvalue weighted by Gasteiger charge is 2.35. The summed E-state index contributed by atoms with van der Waals surface area (Å²) in [6.07, 6.45) is 0.234. The van der Waals surface area contributed by atoms with Crippen LogP contribution in [0.2, 0.25) is 0 Å². The first kappa shape index (κ1) is 36.4. The highest BCUT2D eigenvalue weighted by Crippen LogP contribution is 2.29. The van der Waals surface area contributed by atoms with E-state index in [2.05, 4.69) is 21.2 Å². The number of hydrogen-bond donors (Lipinski definition) is 1. The summed E-state index contributed by atoms with van der Waals surface area (Å²) in [7, 11) is -4.24. The van der Waals surface area contributed by atoms with Crippen LogP contribution in [0.3, 0.4) is 0 Å². The van der Waals surface area contributed by atoms with Gasteiger partial charge in [0.25, 0.3) is 10.0 Å². The molecule has 0 heterocycles. The lowest BCUT2D eigenvalue weighted by atomic mass is 10.0. The third-order valence-electron chi connectivity index (χ3n) is 7.96. The number of nitrogens with one attached hydrogen (secondary N) is 1. The molecule has 50 heavy (non-hydrogen) atoms. The van der Waals surface area contributed by atoms with E-state index in [-0.39, 0.29) is 35.5 Å². The SMILES string of the molecule is Cc1ccc(S(=O)(=O)N(CC(=O)N(Cc2ccc(Br)cc2)[C@@H](Cc2ccccc2)C(=O)NC(C)C)c2ccc(Oc3ccccc3)cc2)cc1. The lowest BCUT2D eigenvalue weighted by Gasteiger charge is -2.34. The Morgan fingerprint density at radius 3 is 1.92 bits per heavy atom. The van der Waals surface area contributed by atoms with E-state index >= 15 is 0 Å². The minimum absolute atomic E-state index is 0.0401. The van der Waals surface area contributed by atoms with Gasteiger partial charge in [0.1, 0.15) is 24.1 Å². The minimum atomic E-state index is -4.24. The molecule has 8 nitrogen and oxygen atoms in total. The summed E-state index contributed by atoms with van der Waals surface area (Å²) in [5.41, 5.74) is 2.82. The van der Waals surface area contributed by atoms with E-state index in [0.29, 0.717) is 11.5 Å². The van der Waals surface area contributed by atoms with Gasteiger partial charge in [0.15, 0.2) is 0 Å². The Kier molecular flexibility index (Phi) is 12.1. The smallest absolute Gasteiger partial charge is 0.264 e. The van der Waals surface area contributed by atoms with Crippen LogP contribution in [0.5, 0.6) is 11.5 Å². The van der Waals surface area contributed by atoms with Gasteiger partial charge in [0, 0.05) is 23.5 Å². The van der Waals surface area contributed by atoms with Gasteiger partial charge >= 0.3 is 0 Å². The maximum atomic E-state index is 14.7. The number of aryl methyl sites for hydroxylation is 1. The van der Waals surface area contributed by atoms with E-state index < -0.39 is 28.5 Å². The molecule has 5 rings (SSSR count). The second-order valence-corrected chi connectivity index (χ2v) is 15.0. The maximum Gasteiger partial charge on any atom is 0.264 e. The quantitative estimate of drug-likeness (QED) is 0.124. The fraction of sp³-hybridized carbons (Fsp3) is 0.200. The average Bonchev–Trinajstić information content (AvgIpc) is 3.10. The van der Waals surface area contributed by atoms with Crippen LogP contribution in [0.4, 0.5) is 5.69 Å². The van der Waals surface area contributed by atoms with E-state index in [9.17, 15) is 18.0 Å². The number of anilines is 1. The molecular weight excluding hydrogens is 714 g/mol. The van der Waals surface area contributed by atoms with Crippen LogP contribution in [0.1, 0.15) is 30.5 Å². The molecule has 258 valence electrons. The monoisotopic (exact) mass is 753 g/mol. The third kappa shape index (κ3) is 9.61. The zero-order valence-corrected chi connectivity index (χ0v) is 30.6. The molecule has 1 N–H and O–H groups in total. The van der Waals surface area contributed by atoms with Crippen molar-refractivity contribution in [2.75, 3.05) is 10.8 Å². The van der Waals surface area contributed by atoms with Crippen molar-refractivity contribution in [3.05, 3.63) is 155 Å². The van der Waals surface area contributed by atoms with Gasteiger partial charge in [-0.2, -0.15) is 0 Å². The molecule has 0 unspecified atom stereocenters. The Bertz CT molecular complexity index is 1970. The van der Waals surface area contributed by atoms with E-state index in [1.165, 1.54) is 17.0 Å². The molecule has 0 aromatic heterocycles. The summed E-state index contributed by atoms with van der Waals surface area (Å²) >= 11 is 3.47. The number of amides is 2. The van der Waals surface area contributed by atoms with Crippen LogP contribution in [-0.2, 0) is 32.6 Å². The van der Waals surface area contributed by atoms with Crippen LogP contribution in [0.25, 0.3) is 0 Å². The second-order valence-electron chi connectivity index (χ2n) is 12.3. The van der Waals surface area contributed by atoms with E-state index in [4.69, 9.17) is 4.74 Å². The van der Waals surface area contributed by atoms with Gasteiger partial charge < -0.3 is 15.0 Å². The first-order valence-corrected chi connectivity index (χ1v) is 18.5. The fourth-order valence-electron chi connectivity index (χ4n) is 5.39. The van der Waals surface area contributed by atoms with Crippen LogP contribution in [0, 0.1) is 6.92 Å². The van der Waals surface area contributed by atoms with E-state index in [1.54, 1.807) is 36.4 Å². The molecular formula is C40H40BrN3O5S. The molecule has 0 saturated carbocycles. The van der Waals surface area contributed by atoms with E-state index in [0.717, 1.165) is 25.5 Å². The molecule has 0 bridgehead atoms. The number of ether oxygens (including phenoxy) is 1. The van der Waals surface area contributed by atoms with Gasteiger partial charge in [-0.1, -0.05) is 94.3 Å². The van der Waals surface area contributed by atoms with Crippen molar-refractivity contribution >= 4 is 43.5 Å². The molecule has 0 aliphatic rings. The lowest BCUT2D eigenvalue weighted by molar-refractivity contribution is -0.140. The van der Waals surface area contributed by atoms with Crippen molar-refractivity contribution in [1.82, 2.24) is 10.2 Å². The highest BCUT2D eigenvalue weighted by atomic mass is 79.9. The summed E-state index contributed by atoms with van der Waals surface area (Å²) in [5.74, 6) is 0.272. The largest absolute Gasteiger partial charge is 0.457 e. The topological polar surface area (TPSA) is 96.0 Å². The molecule has 0 aliphatic heterocycles. The summed E-state index contributed by atoms with van der Waals surface area (Å²) in [4.78, 5) is 30.1. The van der Waals surface area contributed by atoms with Crippen molar-refractivity contribution in [2.24, 2.45) is 0 Å². The Balaban J connectivity index is 1.55. The van der Waals surface area contributed by atoms with Crippen molar-refractivity contribution in [3.8, 4) is 11.5 Å². The minimum Gasteiger partial charge on any atom is -0.457 e. The predicted octanol–water partition coefficient (Wildman–Crippen LogP) is 7.91. The Labute approximate surface area is 302 Å². The summed E-state index contributed by atoms with van der Waals surface area (Å²) in [6.45, 7) is 5.13. The van der Waals surface area contributed by atoms with Gasteiger partial charge in [0.2, 0.25) is 11.8 Å². The van der Waals surface area contributed by atoms with Gasteiger partial charge in [-0.3, -0.25) is 13.9 Å². The lowest BCUT2D eigenvalue weighted by Crippen LogP contribution is -2.54. The Morgan fingerprint density at radius 2 is 1.32 bits per heavy atom. The van der Waals surface area contributed by atoms with Crippen LogP contribution in [-0.4, -0.2) is 43.8 Å². The molecule has 10 heteroatoms. The number of sulfonamides is 1. The van der Waals surface area contributed by atoms with Crippen LogP contribution in [0.15, 0.2) is 143 Å². The van der Waals surface area contributed by atoms with Gasteiger partial charge in [-0.15, -0.1) is 0 Å². The normalized spacial score (nSPS) is 11.9. The fourth-order valence-corrected chi connectivity index (χ4v) is 7.07. The van der Waals surface area contributed by atoms with E-state index in [1.807, 2.05) is 106 Å².